The van der Waals surface area contributed by atoms with Gasteiger partial charge in [-0.25, -0.2) is 4.68 Å². The van der Waals surface area contributed by atoms with E-state index in [0.29, 0.717) is 6.61 Å². The molecule has 2 aliphatic rings. The summed E-state index contributed by atoms with van der Waals surface area (Å²) in [6, 6.07) is 16.6. The fraction of sp³-hybridized carbons (Fsp3) is 0.158. The second kappa shape index (κ2) is 4.96. The Kier molecular flexibility index (Phi) is 2.76. The molecule has 24 heavy (non-hydrogen) atoms. The van der Waals surface area contributed by atoms with E-state index in [-0.39, 0.29) is 6.04 Å². The first kappa shape index (κ1) is 13.4. The molecule has 1 N–H and O–H groups in total. The van der Waals surface area contributed by atoms with E-state index in [2.05, 4.69) is 58.7 Å². The Balaban J connectivity index is 1.75. The van der Waals surface area contributed by atoms with Gasteiger partial charge in [0, 0.05) is 11.1 Å². The van der Waals surface area contributed by atoms with Crippen LogP contribution in [0.4, 0.5) is 5.95 Å². The second-order valence-corrected chi connectivity index (χ2v) is 6.15. The van der Waals surface area contributed by atoms with Crippen molar-refractivity contribution in [2.45, 2.75) is 13.0 Å². The van der Waals surface area contributed by atoms with Gasteiger partial charge in [0.2, 0.25) is 5.95 Å². The monoisotopic (exact) mass is 316 g/mol. The number of benzene rings is 2. The molecular formula is C19H16N4O. The van der Waals surface area contributed by atoms with Crippen molar-refractivity contribution in [2.24, 2.45) is 0 Å². The van der Waals surface area contributed by atoms with E-state index in [1.54, 1.807) is 6.33 Å². The Morgan fingerprint density at radius 3 is 2.92 bits per heavy atom. The van der Waals surface area contributed by atoms with Crippen molar-refractivity contribution in [1.82, 2.24) is 14.8 Å². The van der Waals surface area contributed by atoms with E-state index < -0.39 is 0 Å². The molecule has 5 rings (SSSR count). The molecule has 0 fully saturated rings. The number of fused-ring (bicyclic) bond motifs is 3. The number of rotatable bonds is 1. The number of aryl methyl sites for hydroxylation is 1. The molecule has 1 aromatic heterocycles. The number of hydrogen-bond donors (Lipinski definition) is 1. The number of ether oxygens (including phenoxy) is 1. The minimum absolute atomic E-state index is 0.00591. The molecule has 5 nitrogen and oxygen atoms in total. The molecule has 0 saturated heterocycles. The number of aromatic nitrogens is 3. The zero-order valence-electron chi connectivity index (χ0n) is 13.2. The molecule has 0 saturated carbocycles. The molecule has 0 amide bonds. The molecule has 0 aliphatic carbocycles. The maximum atomic E-state index is 6.03. The van der Waals surface area contributed by atoms with Gasteiger partial charge in [-0.05, 0) is 24.6 Å². The molecule has 0 bridgehead atoms. The van der Waals surface area contributed by atoms with Crippen LogP contribution in [-0.4, -0.2) is 21.4 Å². The Hall–Kier alpha value is -3.08. The van der Waals surface area contributed by atoms with Gasteiger partial charge in [-0.1, -0.05) is 42.0 Å². The molecule has 3 heterocycles. The summed E-state index contributed by atoms with van der Waals surface area (Å²) in [5, 5.41) is 7.88. The highest BCUT2D eigenvalue weighted by atomic mass is 16.5. The number of nitrogens with zero attached hydrogens (tertiary/aromatic N) is 3. The van der Waals surface area contributed by atoms with Crippen LogP contribution in [-0.2, 0) is 0 Å². The van der Waals surface area contributed by atoms with Crippen LogP contribution in [0.3, 0.4) is 0 Å². The first-order chi connectivity index (χ1) is 11.8. The van der Waals surface area contributed by atoms with Gasteiger partial charge in [0.05, 0.1) is 5.70 Å². The molecule has 1 atom stereocenters. The van der Waals surface area contributed by atoms with Gasteiger partial charge in [0.25, 0.3) is 0 Å². The van der Waals surface area contributed by atoms with Gasteiger partial charge in [-0.3, -0.25) is 0 Å². The number of hydrogen-bond acceptors (Lipinski definition) is 4. The van der Waals surface area contributed by atoms with Crippen LogP contribution in [0.2, 0.25) is 0 Å². The summed E-state index contributed by atoms with van der Waals surface area (Å²) in [5.74, 6) is 1.67. The predicted molar refractivity (Wildman–Crippen MR) is 91.8 cm³/mol. The van der Waals surface area contributed by atoms with Gasteiger partial charge < -0.3 is 10.1 Å². The van der Waals surface area contributed by atoms with Crippen LogP contribution < -0.4 is 10.1 Å². The van der Waals surface area contributed by atoms with Crippen molar-refractivity contribution >= 4 is 11.6 Å². The third-order valence-corrected chi connectivity index (χ3v) is 4.61. The van der Waals surface area contributed by atoms with Crippen molar-refractivity contribution in [3.63, 3.8) is 0 Å². The topological polar surface area (TPSA) is 52.0 Å². The van der Waals surface area contributed by atoms with Gasteiger partial charge in [0.1, 0.15) is 24.7 Å². The molecule has 2 aliphatic heterocycles. The SMILES string of the molecule is Cc1ccc2c(c1)C1=C(CO2)[C@H](c2ccccc2)n2ncnc2N1. The summed E-state index contributed by atoms with van der Waals surface area (Å²) >= 11 is 0. The summed E-state index contributed by atoms with van der Waals surface area (Å²) < 4.78 is 7.96. The van der Waals surface area contributed by atoms with E-state index in [4.69, 9.17) is 4.74 Å². The minimum atomic E-state index is -0.00591. The minimum Gasteiger partial charge on any atom is -0.488 e. The smallest absolute Gasteiger partial charge is 0.226 e. The average Bonchev–Trinajstić information content (AvgIpc) is 3.08. The second-order valence-electron chi connectivity index (χ2n) is 6.15. The van der Waals surface area contributed by atoms with E-state index in [9.17, 15) is 0 Å². The third-order valence-electron chi connectivity index (χ3n) is 4.61. The first-order valence-corrected chi connectivity index (χ1v) is 7.99. The molecule has 0 radical (unpaired) electrons. The Labute approximate surface area is 139 Å². The summed E-state index contributed by atoms with van der Waals surface area (Å²) in [5.41, 5.74) is 5.74. The summed E-state index contributed by atoms with van der Waals surface area (Å²) in [4.78, 5) is 4.38. The van der Waals surface area contributed by atoms with Crippen LogP contribution in [0, 0.1) is 6.92 Å². The van der Waals surface area contributed by atoms with Crippen LogP contribution in [0.1, 0.15) is 22.7 Å². The Morgan fingerprint density at radius 1 is 1.17 bits per heavy atom. The Morgan fingerprint density at radius 2 is 2.04 bits per heavy atom. The van der Waals surface area contributed by atoms with Crippen molar-refractivity contribution < 1.29 is 4.74 Å². The largest absolute Gasteiger partial charge is 0.488 e. The standard InChI is InChI=1S/C19H16N4O/c1-12-7-8-16-14(9-12)17-15(10-24-16)18(13-5-3-2-4-6-13)23-19(22-17)20-11-21-23/h2-9,11,18H,10H2,1H3,(H,20,21,22)/t18-/m0/s1. The first-order valence-electron chi connectivity index (χ1n) is 7.99. The predicted octanol–water partition coefficient (Wildman–Crippen LogP) is 3.41. The van der Waals surface area contributed by atoms with Gasteiger partial charge >= 0.3 is 0 Å². The van der Waals surface area contributed by atoms with Crippen LogP contribution in [0.5, 0.6) is 5.75 Å². The van der Waals surface area contributed by atoms with Crippen molar-refractivity contribution in [3.05, 3.63) is 77.1 Å². The van der Waals surface area contributed by atoms with E-state index in [1.807, 2.05) is 16.8 Å². The van der Waals surface area contributed by atoms with Crippen molar-refractivity contribution in [2.75, 3.05) is 11.9 Å². The summed E-state index contributed by atoms with van der Waals surface area (Å²) in [7, 11) is 0. The molecule has 0 spiro atoms. The third kappa shape index (κ3) is 1.88. The highest BCUT2D eigenvalue weighted by molar-refractivity contribution is 5.84. The van der Waals surface area contributed by atoms with Crippen LogP contribution in [0.15, 0.2) is 60.4 Å². The summed E-state index contributed by atoms with van der Waals surface area (Å²) in [6.07, 6.45) is 1.59. The molecule has 3 aromatic rings. The lowest BCUT2D eigenvalue weighted by Gasteiger charge is -2.34. The lowest BCUT2D eigenvalue weighted by atomic mass is 9.91. The zero-order chi connectivity index (χ0) is 16.1. The highest BCUT2D eigenvalue weighted by Gasteiger charge is 2.34. The molecule has 118 valence electrons. The summed E-state index contributed by atoms with van der Waals surface area (Å²) in [6.45, 7) is 2.63. The number of anilines is 1. The van der Waals surface area contributed by atoms with E-state index in [0.717, 1.165) is 23.0 Å². The highest BCUT2D eigenvalue weighted by Crippen LogP contribution is 2.43. The van der Waals surface area contributed by atoms with E-state index in [1.165, 1.54) is 16.7 Å². The molecule has 0 unspecified atom stereocenters. The normalized spacial score (nSPS) is 18.1. The zero-order valence-corrected chi connectivity index (χ0v) is 13.2. The van der Waals surface area contributed by atoms with Crippen molar-refractivity contribution in [3.8, 4) is 5.75 Å². The molecular weight excluding hydrogens is 300 g/mol. The lowest BCUT2D eigenvalue weighted by molar-refractivity contribution is 0.328. The molecule has 5 heteroatoms. The van der Waals surface area contributed by atoms with Crippen molar-refractivity contribution in [1.29, 1.82) is 0 Å². The van der Waals surface area contributed by atoms with Crippen LogP contribution in [0.25, 0.3) is 5.70 Å². The fourth-order valence-corrected chi connectivity index (χ4v) is 3.49. The van der Waals surface area contributed by atoms with E-state index >= 15 is 0 Å². The lowest BCUT2D eigenvalue weighted by Crippen LogP contribution is -2.30. The Bertz CT molecular complexity index is 959. The maximum Gasteiger partial charge on any atom is 0.226 e. The van der Waals surface area contributed by atoms with Gasteiger partial charge in [0.15, 0.2) is 0 Å². The molecule has 2 aromatic carbocycles. The quantitative estimate of drug-likeness (QED) is 0.747. The van der Waals surface area contributed by atoms with Gasteiger partial charge in [-0.2, -0.15) is 10.1 Å². The van der Waals surface area contributed by atoms with Crippen LogP contribution >= 0.6 is 0 Å². The number of nitrogens with one attached hydrogen (secondary N) is 1. The fourth-order valence-electron chi connectivity index (χ4n) is 3.49. The van der Waals surface area contributed by atoms with Gasteiger partial charge in [-0.15, -0.1) is 0 Å². The maximum absolute atomic E-state index is 6.03. The average molecular weight is 316 g/mol.